The van der Waals surface area contributed by atoms with Crippen molar-refractivity contribution in [3.05, 3.63) is 48.0 Å². The van der Waals surface area contributed by atoms with Gasteiger partial charge in [-0.25, -0.2) is 9.59 Å². The van der Waals surface area contributed by atoms with E-state index in [1.807, 2.05) is 5.32 Å². The van der Waals surface area contributed by atoms with Gasteiger partial charge in [0.1, 0.15) is 13.2 Å². The predicted octanol–water partition coefficient (Wildman–Crippen LogP) is 3.57. The second-order valence-corrected chi connectivity index (χ2v) is 7.15. The normalized spacial score (nSPS) is 12.6. The fourth-order valence-electron chi connectivity index (χ4n) is 2.45. The van der Waals surface area contributed by atoms with E-state index in [2.05, 4.69) is 5.32 Å². The van der Waals surface area contributed by atoms with Crippen molar-refractivity contribution in [2.45, 2.75) is 10.4 Å². The fourth-order valence-corrected chi connectivity index (χ4v) is 2.99. The molecule has 31 heavy (non-hydrogen) atoms. The number of benzene rings is 2. The molecule has 164 valence electrons. The van der Waals surface area contributed by atoms with Gasteiger partial charge in [-0.2, -0.15) is 13.2 Å². The van der Waals surface area contributed by atoms with E-state index >= 15 is 0 Å². The number of nitrogens with one attached hydrogen (secondary N) is 2. The van der Waals surface area contributed by atoms with Crippen molar-refractivity contribution in [1.82, 2.24) is 5.32 Å². The van der Waals surface area contributed by atoms with E-state index in [-0.39, 0.29) is 22.2 Å². The molecular weight excluding hydrogens is 441 g/mol. The van der Waals surface area contributed by atoms with Gasteiger partial charge in [-0.3, -0.25) is 10.1 Å². The number of hydrogen-bond acceptors (Lipinski definition) is 7. The molecule has 0 saturated heterocycles. The van der Waals surface area contributed by atoms with Crippen LogP contribution in [0.2, 0.25) is 0 Å². The highest BCUT2D eigenvalue weighted by Crippen LogP contribution is 2.36. The van der Waals surface area contributed by atoms with Crippen molar-refractivity contribution in [3.8, 4) is 11.5 Å². The standard InChI is InChI=1S/C19H15F3N2O6S/c20-19(21,22)31-13-4-1-11(2-5-13)17(26)30-10-16(25)24-18(27)23-12-3-6-14-15(9-12)29-8-7-28-14/h1-6,9H,7-8,10H2,(H2,23,24,25,27). The summed E-state index contributed by atoms with van der Waals surface area (Å²) in [5.41, 5.74) is -4.14. The lowest BCUT2D eigenvalue weighted by molar-refractivity contribution is -0.123. The first-order valence-electron chi connectivity index (χ1n) is 8.73. The number of fused-ring (bicyclic) bond motifs is 1. The summed E-state index contributed by atoms with van der Waals surface area (Å²) in [7, 11) is 0. The van der Waals surface area contributed by atoms with E-state index in [1.165, 1.54) is 6.07 Å². The van der Waals surface area contributed by atoms with Gasteiger partial charge >= 0.3 is 17.5 Å². The van der Waals surface area contributed by atoms with Crippen LogP contribution in [0.3, 0.4) is 0 Å². The smallest absolute Gasteiger partial charge is 0.446 e. The van der Waals surface area contributed by atoms with Gasteiger partial charge in [0.2, 0.25) is 0 Å². The van der Waals surface area contributed by atoms with E-state index in [1.54, 1.807) is 12.1 Å². The molecule has 0 spiro atoms. The third kappa shape index (κ3) is 6.81. The second-order valence-electron chi connectivity index (χ2n) is 6.01. The van der Waals surface area contributed by atoms with Crippen LogP contribution in [0.15, 0.2) is 47.4 Å². The van der Waals surface area contributed by atoms with E-state index < -0.39 is 30.0 Å². The second kappa shape index (κ2) is 9.60. The highest BCUT2D eigenvalue weighted by Gasteiger charge is 2.29. The van der Waals surface area contributed by atoms with Gasteiger partial charge in [0, 0.05) is 16.6 Å². The van der Waals surface area contributed by atoms with Crippen molar-refractivity contribution in [1.29, 1.82) is 0 Å². The summed E-state index contributed by atoms with van der Waals surface area (Å²) in [6.45, 7) is 0.0347. The number of amides is 3. The van der Waals surface area contributed by atoms with Crippen LogP contribution in [-0.4, -0.2) is 43.2 Å². The fraction of sp³-hybridized carbons (Fsp3) is 0.211. The molecule has 0 saturated carbocycles. The van der Waals surface area contributed by atoms with Gasteiger partial charge in [-0.1, -0.05) is 0 Å². The van der Waals surface area contributed by atoms with Gasteiger partial charge in [-0.05, 0) is 48.2 Å². The molecule has 3 rings (SSSR count). The summed E-state index contributed by atoms with van der Waals surface area (Å²) in [5, 5.41) is 4.41. The van der Waals surface area contributed by atoms with E-state index in [4.69, 9.17) is 14.2 Å². The number of alkyl halides is 3. The van der Waals surface area contributed by atoms with Crippen molar-refractivity contribution in [2.24, 2.45) is 0 Å². The Labute approximate surface area is 178 Å². The minimum absolute atomic E-state index is 0.0416. The molecular formula is C19H15F3N2O6S. The van der Waals surface area contributed by atoms with Crippen molar-refractivity contribution in [3.63, 3.8) is 0 Å². The number of carbonyl (C=O) groups excluding carboxylic acids is 3. The van der Waals surface area contributed by atoms with Gasteiger partial charge in [-0.15, -0.1) is 0 Å². The number of imide groups is 1. The Morgan fingerprint density at radius 1 is 1.00 bits per heavy atom. The van der Waals surface area contributed by atoms with Crippen LogP contribution in [0.25, 0.3) is 0 Å². The Bertz CT molecular complexity index is 982. The molecule has 2 aromatic carbocycles. The highest BCUT2D eigenvalue weighted by atomic mass is 32.2. The largest absolute Gasteiger partial charge is 0.486 e. The maximum Gasteiger partial charge on any atom is 0.446 e. The SMILES string of the molecule is O=C(COC(=O)c1ccc(SC(F)(F)F)cc1)NC(=O)Nc1ccc2c(c1)OCCO2. The van der Waals surface area contributed by atoms with Crippen molar-refractivity contribution < 1.29 is 41.8 Å². The third-order valence-electron chi connectivity index (χ3n) is 3.71. The molecule has 2 N–H and O–H groups in total. The number of carbonyl (C=O) groups is 3. The molecule has 0 unspecified atom stereocenters. The molecule has 12 heteroatoms. The first kappa shape index (κ1) is 22.3. The number of esters is 1. The third-order valence-corrected chi connectivity index (χ3v) is 4.45. The van der Waals surface area contributed by atoms with Crippen LogP contribution in [0, 0.1) is 0 Å². The lowest BCUT2D eigenvalue weighted by atomic mass is 10.2. The Morgan fingerprint density at radius 3 is 2.35 bits per heavy atom. The average Bonchev–Trinajstić information content (AvgIpc) is 2.71. The van der Waals surface area contributed by atoms with E-state index in [9.17, 15) is 27.6 Å². The number of hydrogen-bond donors (Lipinski definition) is 2. The molecule has 1 aliphatic rings. The predicted molar refractivity (Wildman–Crippen MR) is 103 cm³/mol. The molecule has 0 bridgehead atoms. The van der Waals surface area contributed by atoms with E-state index in [0.717, 1.165) is 24.3 Å². The summed E-state index contributed by atoms with van der Waals surface area (Å²) in [6, 6.07) is 8.33. The molecule has 1 heterocycles. The van der Waals surface area contributed by atoms with Gasteiger partial charge in [0.15, 0.2) is 18.1 Å². The van der Waals surface area contributed by atoms with Gasteiger partial charge < -0.3 is 19.5 Å². The molecule has 2 aromatic rings. The maximum atomic E-state index is 12.3. The molecule has 0 fully saturated rings. The Hall–Kier alpha value is -3.41. The summed E-state index contributed by atoms with van der Waals surface area (Å²) in [4.78, 5) is 35.5. The van der Waals surface area contributed by atoms with Crippen molar-refractivity contribution in [2.75, 3.05) is 25.1 Å². The highest BCUT2D eigenvalue weighted by molar-refractivity contribution is 8.00. The number of rotatable bonds is 5. The number of anilines is 1. The topological polar surface area (TPSA) is 103 Å². The number of ether oxygens (including phenoxy) is 3. The van der Waals surface area contributed by atoms with Gasteiger partial charge in [0.25, 0.3) is 5.91 Å². The van der Waals surface area contributed by atoms with Gasteiger partial charge in [0.05, 0.1) is 5.56 Å². The minimum Gasteiger partial charge on any atom is -0.486 e. The average molecular weight is 456 g/mol. The summed E-state index contributed by atoms with van der Waals surface area (Å²) >= 11 is -0.321. The molecule has 1 aliphatic heterocycles. The van der Waals surface area contributed by atoms with E-state index in [0.29, 0.717) is 30.4 Å². The molecule has 8 nitrogen and oxygen atoms in total. The summed E-state index contributed by atoms with van der Waals surface area (Å²) in [5.74, 6) is -0.840. The van der Waals surface area contributed by atoms with Crippen LogP contribution in [0.1, 0.15) is 10.4 Å². The quantitative estimate of drug-likeness (QED) is 0.524. The zero-order valence-electron chi connectivity index (χ0n) is 15.7. The number of urea groups is 1. The Morgan fingerprint density at radius 2 is 1.68 bits per heavy atom. The van der Waals surface area contributed by atoms with Crippen LogP contribution in [0.4, 0.5) is 23.7 Å². The van der Waals surface area contributed by atoms with Crippen LogP contribution in [0.5, 0.6) is 11.5 Å². The number of thioether (sulfide) groups is 1. The van der Waals surface area contributed by atoms with Crippen LogP contribution >= 0.6 is 11.8 Å². The molecule has 0 atom stereocenters. The Kier molecular flexibility index (Phi) is 6.90. The van der Waals surface area contributed by atoms with Crippen molar-refractivity contribution >= 4 is 35.4 Å². The maximum absolute atomic E-state index is 12.3. The molecule has 0 aromatic heterocycles. The molecule has 0 aliphatic carbocycles. The van der Waals surface area contributed by atoms with Crippen LogP contribution < -0.4 is 20.1 Å². The minimum atomic E-state index is -4.44. The zero-order valence-corrected chi connectivity index (χ0v) is 16.5. The monoisotopic (exact) mass is 456 g/mol. The molecule has 0 radical (unpaired) electrons. The first-order chi connectivity index (χ1) is 14.7. The Balaban J connectivity index is 1.45. The molecule has 3 amide bonds. The lowest BCUT2D eigenvalue weighted by Crippen LogP contribution is -2.37. The summed E-state index contributed by atoms with van der Waals surface area (Å²) in [6.07, 6.45) is 0. The zero-order chi connectivity index (χ0) is 22.4. The summed E-state index contributed by atoms with van der Waals surface area (Å²) < 4.78 is 52.4. The first-order valence-corrected chi connectivity index (χ1v) is 9.55. The lowest BCUT2D eigenvalue weighted by Gasteiger charge is -2.19. The van der Waals surface area contributed by atoms with Crippen LogP contribution in [-0.2, 0) is 9.53 Å². The number of halogens is 3.